The highest BCUT2D eigenvalue weighted by Gasteiger charge is 2.16. The minimum Gasteiger partial charge on any atom is -0.375 e. The van der Waals surface area contributed by atoms with Gasteiger partial charge in [-0.2, -0.15) is 0 Å². The van der Waals surface area contributed by atoms with Gasteiger partial charge in [-0.25, -0.2) is 0 Å². The van der Waals surface area contributed by atoms with Crippen molar-refractivity contribution in [3.63, 3.8) is 0 Å². The maximum Gasteiger partial charge on any atom is 0.0717 e. The Morgan fingerprint density at radius 2 is 2.18 bits per heavy atom. The van der Waals surface area contributed by atoms with E-state index in [2.05, 4.69) is 41.4 Å². The van der Waals surface area contributed by atoms with Crippen LogP contribution in [0.15, 0.2) is 30.3 Å². The van der Waals surface area contributed by atoms with Gasteiger partial charge in [-0.15, -0.1) is 0 Å². The van der Waals surface area contributed by atoms with Gasteiger partial charge in [0, 0.05) is 32.2 Å². The summed E-state index contributed by atoms with van der Waals surface area (Å²) in [6.07, 6.45) is 0. The standard InChI is InChI=1S/C14H22N2O/c1-13-11-15-7-8-16(13)9-10-17-12-14-5-3-2-4-6-14/h2-6,13,15H,7-12H2,1H3/t13-/m1/s1. The summed E-state index contributed by atoms with van der Waals surface area (Å²) in [5, 5.41) is 3.40. The minimum absolute atomic E-state index is 0.629. The predicted octanol–water partition coefficient (Wildman–Crippen LogP) is 1.50. The molecule has 1 aliphatic heterocycles. The Balaban J connectivity index is 1.63. The fourth-order valence-electron chi connectivity index (χ4n) is 2.16. The van der Waals surface area contributed by atoms with Crippen molar-refractivity contribution in [1.82, 2.24) is 10.2 Å². The average Bonchev–Trinajstić information content (AvgIpc) is 2.38. The molecule has 1 aliphatic rings. The lowest BCUT2D eigenvalue weighted by Gasteiger charge is -2.33. The summed E-state index contributed by atoms with van der Waals surface area (Å²) >= 11 is 0. The Bertz CT molecular complexity index is 315. The van der Waals surface area contributed by atoms with Crippen LogP contribution in [0.25, 0.3) is 0 Å². The fraction of sp³-hybridized carbons (Fsp3) is 0.571. The Labute approximate surface area is 104 Å². The van der Waals surface area contributed by atoms with Crippen molar-refractivity contribution in [1.29, 1.82) is 0 Å². The highest BCUT2D eigenvalue weighted by Crippen LogP contribution is 2.03. The zero-order chi connectivity index (χ0) is 11.9. The molecular weight excluding hydrogens is 212 g/mol. The van der Waals surface area contributed by atoms with E-state index in [-0.39, 0.29) is 0 Å². The molecule has 0 aromatic heterocycles. The van der Waals surface area contributed by atoms with Crippen molar-refractivity contribution in [2.24, 2.45) is 0 Å². The van der Waals surface area contributed by atoms with Crippen molar-refractivity contribution in [3.05, 3.63) is 35.9 Å². The van der Waals surface area contributed by atoms with Gasteiger partial charge in [-0.1, -0.05) is 30.3 Å². The molecule has 1 aromatic rings. The first-order valence-electron chi connectivity index (χ1n) is 6.42. The van der Waals surface area contributed by atoms with Crippen molar-refractivity contribution < 1.29 is 4.74 Å². The van der Waals surface area contributed by atoms with Gasteiger partial charge in [0.15, 0.2) is 0 Å². The smallest absolute Gasteiger partial charge is 0.0717 e. The van der Waals surface area contributed by atoms with E-state index < -0.39 is 0 Å². The molecule has 0 amide bonds. The summed E-state index contributed by atoms with van der Waals surface area (Å²) in [4.78, 5) is 2.49. The van der Waals surface area contributed by atoms with Crippen LogP contribution in [-0.2, 0) is 11.3 Å². The largest absolute Gasteiger partial charge is 0.375 e. The molecule has 1 N–H and O–H groups in total. The molecule has 0 aliphatic carbocycles. The van der Waals surface area contributed by atoms with Crippen LogP contribution in [0.1, 0.15) is 12.5 Å². The lowest BCUT2D eigenvalue weighted by Crippen LogP contribution is -2.50. The zero-order valence-corrected chi connectivity index (χ0v) is 10.6. The number of rotatable bonds is 5. The van der Waals surface area contributed by atoms with Gasteiger partial charge in [0.1, 0.15) is 0 Å². The second-order valence-electron chi connectivity index (χ2n) is 4.63. The van der Waals surface area contributed by atoms with Crippen LogP contribution in [0.2, 0.25) is 0 Å². The first-order valence-corrected chi connectivity index (χ1v) is 6.42. The maximum atomic E-state index is 5.71. The van der Waals surface area contributed by atoms with E-state index in [1.54, 1.807) is 0 Å². The molecule has 3 nitrogen and oxygen atoms in total. The molecule has 0 saturated carbocycles. The number of hydrogen-bond acceptors (Lipinski definition) is 3. The Kier molecular flexibility index (Phi) is 4.98. The molecule has 1 saturated heterocycles. The highest BCUT2D eigenvalue weighted by atomic mass is 16.5. The predicted molar refractivity (Wildman–Crippen MR) is 70.0 cm³/mol. The van der Waals surface area contributed by atoms with Crippen molar-refractivity contribution in [3.8, 4) is 0 Å². The maximum absolute atomic E-state index is 5.71. The SMILES string of the molecule is C[C@@H]1CNCCN1CCOCc1ccccc1. The fourth-order valence-corrected chi connectivity index (χ4v) is 2.16. The van der Waals surface area contributed by atoms with Gasteiger partial charge in [0.25, 0.3) is 0 Å². The molecule has 0 unspecified atom stereocenters. The topological polar surface area (TPSA) is 24.5 Å². The molecule has 0 radical (unpaired) electrons. The van der Waals surface area contributed by atoms with Gasteiger partial charge in [0.2, 0.25) is 0 Å². The van der Waals surface area contributed by atoms with Gasteiger partial charge in [-0.05, 0) is 12.5 Å². The van der Waals surface area contributed by atoms with E-state index in [0.717, 1.165) is 39.4 Å². The lowest BCUT2D eigenvalue weighted by molar-refractivity contribution is 0.0726. The number of benzene rings is 1. The van der Waals surface area contributed by atoms with E-state index >= 15 is 0 Å². The average molecular weight is 234 g/mol. The van der Waals surface area contributed by atoms with Crippen LogP contribution >= 0.6 is 0 Å². The second-order valence-corrected chi connectivity index (χ2v) is 4.63. The lowest BCUT2D eigenvalue weighted by atomic mass is 10.2. The molecule has 0 bridgehead atoms. The monoisotopic (exact) mass is 234 g/mol. The van der Waals surface area contributed by atoms with Crippen molar-refractivity contribution >= 4 is 0 Å². The number of hydrogen-bond donors (Lipinski definition) is 1. The van der Waals surface area contributed by atoms with E-state index in [9.17, 15) is 0 Å². The summed E-state index contributed by atoms with van der Waals surface area (Å²) in [5.74, 6) is 0. The number of nitrogens with one attached hydrogen (secondary N) is 1. The molecule has 2 rings (SSSR count). The van der Waals surface area contributed by atoms with E-state index in [0.29, 0.717) is 6.04 Å². The highest BCUT2D eigenvalue weighted by molar-refractivity contribution is 5.13. The van der Waals surface area contributed by atoms with Crippen LogP contribution < -0.4 is 5.32 Å². The van der Waals surface area contributed by atoms with Crippen LogP contribution in [-0.4, -0.2) is 43.7 Å². The van der Waals surface area contributed by atoms with Gasteiger partial charge < -0.3 is 10.1 Å². The van der Waals surface area contributed by atoms with Crippen molar-refractivity contribution in [2.75, 3.05) is 32.8 Å². The molecule has 1 heterocycles. The molecule has 17 heavy (non-hydrogen) atoms. The molecule has 1 atom stereocenters. The molecule has 1 aromatic carbocycles. The van der Waals surface area contributed by atoms with Crippen LogP contribution in [0, 0.1) is 0 Å². The summed E-state index contributed by atoms with van der Waals surface area (Å²) in [7, 11) is 0. The second kappa shape index (κ2) is 6.74. The third-order valence-electron chi connectivity index (χ3n) is 3.27. The summed E-state index contributed by atoms with van der Waals surface area (Å²) in [6, 6.07) is 11.0. The quantitative estimate of drug-likeness (QED) is 0.781. The molecule has 1 fully saturated rings. The first kappa shape index (κ1) is 12.6. The number of piperazine rings is 1. The van der Waals surface area contributed by atoms with Crippen molar-refractivity contribution in [2.45, 2.75) is 19.6 Å². The Morgan fingerprint density at radius 3 is 2.94 bits per heavy atom. The molecule has 3 heteroatoms. The Morgan fingerprint density at radius 1 is 1.35 bits per heavy atom. The van der Waals surface area contributed by atoms with E-state index in [1.165, 1.54) is 5.56 Å². The van der Waals surface area contributed by atoms with Gasteiger partial charge in [0.05, 0.1) is 13.2 Å². The van der Waals surface area contributed by atoms with E-state index in [1.807, 2.05) is 6.07 Å². The van der Waals surface area contributed by atoms with Gasteiger partial charge >= 0.3 is 0 Å². The number of ether oxygens (including phenoxy) is 1. The zero-order valence-electron chi connectivity index (χ0n) is 10.6. The Hall–Kier alpha value is -0.900. The van der Waals surface area contributed by atoms with Gasteiger partial charge in [-0.3, -0.25) is 4.90 Å². The molecule has 94 valence electrons. The molecule has 0 spiro atoms. The summed E-state index contributed by atoms with van der Waals surface area (Å²) in [6.45, 7) is 8.18. The summed E-state index contributed by atoms with van der Waals surface area (Å²) < 4.78 is 5.71. The normalized spacial score (nSPS) is 21.6. The number of nitrogens with zero attached hydrogens (tertiary/aromatic N) is 1. The third-order valence-corrected chi connectivity index (χ3v) is 3.27. The van der Waals surface area contributed by atoms with Crippen LogP contribution in [0.3, 0.4) is 0 Å². The summed E-state index contributed by atoms with van der Waals surface area (Å²) in [5.41, 5.74) is 1.25. The van der Waals surface area contributed by atoms with Crippen LogP contribution in [0.4, 0.5) is 0 Å². The van der Waals surface area contributed by atoms with Crippen LogP contribution in [0.5, 0.6) is 0 Å². The van der Waals surface area contributed by atoms with E-state index in [4.69, 9.17) is 4.74 Å². The third kappa shape index (κ3) is 4.11. The minimum atomic E-state index is 0.629. The first-order chi connectivity index (χ1) is 8.36. The molecular formula is C14H22N2O.